The fourth-order valence-electron chi connectivity index (χ4n) is 2.25. The third-order valence-corrected chi connectivity index (χ3v) is 3.27. The molecular formula is C14H18F2N2O3. The van der Waals surface area contributed by atoms with Gasteiger partial charge in [0.1, 0.15) is 0 Å². The zero-order valence-corrected chi connectivity index (χ0v) is 11.7. The van der Waals surface area contributed by atoms with Crippen molar-refractivity contribution in [3.63, 3.8) is 0 Å². The molecule has 0 bridgehead atoms. The number of nitrogens with one attached hydrogen (secondary N) is 2. The highest BCUT2D eigenvalue weighted by atomic mass is 19.3. The Morgan fingerprint density at radius 1 is 1.38 bits per heavy atom. The Morgan fingerprint density at radius 3 is 2.81 bits per heavy atom. The Kier molecular flexibility index (Phi) is 5.32. The van der Waals surface area contributed by atoms with Crippen molar-refractivity contribution in [1.29, 1.82) is 0 Å². The SMILES string of the molecule is COc1ccc(NC(=O)[C@H]2CCCCN2)cc1OC(F)F. The molecule has 0 radical (unpaired) electrons. The van der Waals surface area contributed by atoms with Gasteiger partial charge in [0, 0.05) is 11.8 Å². The third-order valence-electron chi connectivity index (χ3n) is 3.27. The number of hydrogen-bond acceptors (Lipinski definition) is 4. The van der Waals surface area contributed by atoms with Crippen LogP contribution < -0.4 is 20.1 Å². The quantitative estimate of drug-likeness (QED) is 0.876. The molecule has 1 fully saturated rings. The van der Waals surface area contributed by atoms with Gasteiger partial charge < -0.3 is 20.1 Å². The molecular weight excluding hydrogens is 282 g/mol. The van der Waals surface area contributed by atoms with Crippen molar-refractivity contribution in [2.75, 3.05) is 19.0 Å². The summed E-state index contributed by atoms with van der Waals surface area (Å²) in [6.45, 7) is -2.15. The topological polar surface area (TPSA) is 59.6 Å². The first-order valence-corrected chi connectivity index (χ1v) is 6.77. The fourth-order valence-corrected chi connectivity index (χ4v) is 2.25. The van der Waals surface area contributed by atoms with Crippen molar-refractivity contribution in [2.45, 2.75) is 31.9 Å². The lowest BCUT2D eigenvalue weighted by molar-refractivity contribution is -0.118. The highest BCUT2D eigenvalue weighted by Crippen LogP contribution is 2.31. The number of methoxy groups -OCH3 is 1. The van der Waals surface area contributed by atoms with Crippen LogP contribution in [-0.4, -0.2) is 32.2 Å². The van der Waals surface area contributed by atoms with E-state index < -0.39 is 6.61 Å². The first-order valence-electron chi connectivity index (χ1n) is 6.77. The summed E-state index contributed by atoms with van der Waals surface area (Å²) in [4.78, 5) is 12.1. The van der Waals surface area contributed by atoms with Crippen LogP contribution in [0.15, 0.2) is 18.2 Å². The second-order valence-corrected chi connectivity index (χ2v) is 4.74. The van der Waals surface area contributed by atoms with Crippen molar-refractivity contribution < 1.29 is 23.0 Å². The fraction of sp³-hybridized carbons (Fsp3) is 0.500. The monoisotopic (exact) mass is 300 g/mol. The number of anilines is 1. The molecule has 1 heterocycles. The standard InChI is InChI=1S/C14H18F2N2O3/c1-20-11-6-5-9(8-12(11)21-14(15)16)18-13(19)10-4-2-3-7-17-10/h5-6,8,10,14,17H,2-4,7H2,1H3,(H,18,19)/t10-/m1/s1. The Bertz CT molecular complexity index is 491. The van der Waals surface area contributed by atoms with Gasteiger partial charge in [0.2, 0.25) is 5.91 Å². The van der Waals surface area contributed by atoms with Crippen LogP contribution in [0.5, 0.6) is 11.5 Å². The van der Waals surface area contributed by atoms with Crippen molar-refractivity contribution in [3.8, 4) is 11.5 Å². The van der Waals surface area contributed by atoms with Gasteiger partial charge in [-0.3, -0.25) is 4.79 Å². The zero-order valence-electron chi connectivity index (χ0n) is 11.7. The molecule has 1 aliphatic rings. The van der Waals surface area contributed by atoms with Crippen LogP contribution >= 0.6 is 0 Å². The number of hydrogen-bond donors (Lipinski definition) is 2. The van der Waals surface area contributed by atoms with Crippen molar-refractivity contribution in [3.05, 3.63) is 18.2 Å². The minimum Gasteiger partial charge on any atom is -0.493 e. The lowest BCUT2D eigenvalue weighted by Gasteiger charge is -2.22. The number of benzene rings is 1. The van der Waals surface area contributed by atoms with Crippen LogP contribution in [0, 0.1) is 0 Å². The number of piperidine rings is 1. The molecule has 2 N–H and O–H groups in total. The number of carbonyl (C=O) groups is 1. The molecule has 0 spiro atoms. The van der Waals surface area contributed by atoms with Crippen LogP contribution in [-0.2, 0) is 4.79 Å². The Morgan fingerprint density at radius 2 is 2.19 bits per heavy atom. The van der Waals surface area contributed by atoms with E-state index in [0.29, 0.717) is 5.69 Å². The molecule has 1 atom stereocenters. The molecule has 0 aliphatic carbocycles. The van der Waals surface area contributed by atoms with Gasteiger partial charge in [-0.05, 0) is 31.5 Å². The average molecular weight is 300 g/mol. The smallest absolute Gasteiger partial charge is 0.387 e. The average Bonchev–Trinajstić information content (AvgIpc) is 2.48. The van der Waals surface area contributed by atoms with Crippen molar-refractivity contribution >= 4 is 11.6 Å². The molecule has 2 rings (SSSR count). The van der Waals surface area contributed by atoms with E-state index in [2.05, 4.69) is 15.4 Å². The lowest BCUT2D eigenvalue weighted by Crippen LogP contribution is -2.43. The normalized spacial score (nSPS) is 18.4. The van der Waals surface area contributed by atoms with E-state index in [0.717, 1.165) is 25.8 Å². The number of halogens is 2. The van der Waals surface area contributed by atoms with Crippen LogP contribution in [0.1, 0.15) is 19.3 Å². The van der Waals surface area contributed by atoms with E-state index in [9.17, 15) is 13.6 Å². The summed E-state index contributed by atoms with van der Waals surface area (Å²) in [7, 11) is 1.36. The second-order valence-electron chi connectivity index (χ2n) is 4.74. The van der Waals surface area contributed by atoms with Gasteiger partial charge in [0.15, 0.2) is 11.5 Å². The van der Waals surface area contributed by atoms with Crippen LogP contribution in [0.4, 0.5) is 14.5 Å². The number of rotatable bonds is 5. The molecule has 21 heavy (non-hydrogen) atoms. The predicted molar refractivity (Wildman–Crippen MR) is 73.9 cm³/mol. The summed E-state index contributed by atoms with van der Waals surface area (Å²) in [5.41, 5.74) is 0.392. The van der Waals surface area contributed by atoms with Gasteiger partial charge in [-0.2, -0.15) is 8.78 Å². The zero-order chi connectivity index (χ0) is 15.2. The second kappa shape index (κ2) is 7.21. The number of amides is 1. The third kappa shape index (κ3) is 4.29. The molecule has 0 aromatic heterocycles. The first kappa shape index (κ1) is 15.5. The van der Waals surface area contributed by atoms with E-state index in [1.165, 1.54) is 19.2 Å². The number of ether oxygens (including phenoxy) is 2. The first-order chi connectivity index (χ1) is 10.1. The van der Waals surface area contributed by atoms with Crippen molar-refractivity contribution in [2.24, 2.45) is 0 Å². The Balaban J connectivity index is 2.07. The Hall–Kier alpha value is -1.89. The molecule has 1 aromatic rings. The van der Waals surface area contributed by atoms with E-state index in [1.54, 1.807) is 6.07 Å². The molecule has 5 nitrogen and oxygen atoms in total. The summed E-state index contributed by atoms with van der Waals surface area (Å²) < 4.78 is 34.0. The minimum absolute atomic E-state index is 0.109. The summed E-state index contributed by atoms with van der Waals surface area (Å²) in [5.74, 6) is -0.103. The Labute approximate surface area is 121 Å². The van der Waals surface area contributed by atoms with Gasteiger partial charge in [-0.15, -0.1) is 0 Å². The molecule has 0 saturated carbocycles. The van der Waals surface area contributed by atoms with Gasteiger partial charge >= 0.3 is 6.61 Å². The van der Waals surface area contributed by atoms with E-state index in [4.69, 9.17) is 4.74 Å². The highest BCUT2D eigenvalue weighted by Gasteiger charge is 2.21. The molecule has 116 valence electrons. The van der Waals surface area contributed by atoms with Gasteiger partial charge in [0.25, 0.3) is 0 Å². The van der Waals surface area contributed by atoms with Gasteiger partial charge in [-0.1, -0.05) is 6.42 Å². The van der Waals surface area contributed by atoms with Crippen LogP contribution in [0.3, 0.4) is 0 Å². The summed E-state index contributed by atoms with van der Waals surface area (Å²) in [6.07, 6.45) is 2.81. The molecule has 1 amide bonds. The van der Waals surface area contributed by atoms with Crippen LogP contribution in [0.2, 0.25) is 0 Å². The van der Waals surface area contributed by atoms with Gasteiger partial charge in [-0.25, -0.2) is 0 Å². The number of carbonyl (C=O) groups excluding carboxylic acids is 1. The van der Waals surface area contributed by atoms with Crippen molar-refractivity contribution in [1.82, 2.24) is 5.32 Å². The maximum atomic E-state index is 12.3. The maximum absolute atomic E-state index is 12.3. The minimum atomic E-state index is -2.95. The lowest BCUT2D eigenvalue weighted by atomic mass is 10.0. The number of alkyl halides is 2. The van der Waals surface area contributed by atoms with Crippen LogP contribution in [0.25, 0.3) is 0 Å². The maximum Gasteiger partial charge on any atom is 0.387 e. The van der Waals surface area contributed by atoms with Gasteiger partial charge in [0.05, 0.1) is 13.2 Å². The summed E-state index contributed by atoms with van der Waals surface area (Å²) in [5, 5.41) is 5.82. The molecule has 1 saturated heterocycles. The van der Waals surface area contributed by atoms with E-state index in [1.807, 2.05) is 0 Å². The molecule has 1 aromatic carbocycles. The molecule has 7 heteroatoms. The molecule has 0 unspecified atom stereocenters. The predicted octanol–water partition coefficient (Wildman–Crippen LogP) is 2.38. The highest BCUT2D eigenvalue weighted by molar-refractivity contribution is 5.95. The van der Waals surface area contributed by atoms with E-state index in [-0.39, 0.29) is 23.4 Å². The summed E-state index contributed by atoms with van der Waals surface area (Å²) in [6, 6.07) is 4.13. The van der Waals surface area contributed by atoms with E-state index >= 15 is 0 Å². The largest absolute Gasteiger partial charge is 0.493 e. The molecule has 1 aliphatic heterocycles. The summed E-state index contributed by atoms with van der Waals surface area (Å²) >= 11 is 0.